The lowest BCUT2D eigenvalue weighted by Gasteiger charge is -2.04. The molecule has 1 N–H and O–H groups in total. The molecule has 0 aliphatic carbocycles. The van der Waals surface area contributed by atoms with Gasteiger partial charge in [-0.15, -0.1) is 5.10 Å². The topological polar surface area (TPSA) is 73.1 Å². The Labute approximate surface area is 92.5 Å². The first kappa shape index (κ1) is 10.6. The summed E-state index contributed by atoms with van der Waals surface area (Å²) in [4.78, 5) is 0. The number of aromatic nitrogens is 4. The maximum atomic E-state index is 8.98. The van der Waals surface area contributed by atoms with Crippen LogP contribution in [0.1, 0.15) is 11.4 Å². The van der Waals surface area contributed by atoms with Crippen molar-refractivity contribution in [2.75, 3.05) is 7.11 Å². The summed E-state index contributed by atoms with van der Waals surface area (Å²) in [6.45, 7) is 0.371. The van der Waals surface area contributed by atoms with Crippen molar-refractivity contribution in [1.82, 2.24) is 20.2 Å². The number of methoxy groups -OCH3 is 1. The normalized spacial score (nSPS) is 10.4. The van der Waals surface area contributed by atoms with E-state index in [2.05, 4.69) is 15.5 Å². The number of aliphatic hydroxyl groups excluding tert-OH is 1. The summed E-state index contributed by atoms with van der Waals surface area (Å²) in [5.74, 6) is 1.26. The van der Waals surface area contributed by atoms with E-state index < -0.39 is 0 Å². The quantitative estimate of drug-likeness (QED) is 0.798. The fraction of sp³-hybridized carbons (Fsp3) is 0.300. The van der Waals surface area contributed by atoms with E-state index in [1.165, 1.54) is 0 Å². The molecule has 1 aromatic heterocycles. The molecule has 0 saturated carbocycles. The molecule has 1 aromatic carbocycles. The second-order valence-electron chi connectivity index (χ2n) is 3.26. The number of aliphatic hydroxyl groups is 1. The first-order valence-corrected chi connectivity index (χ1v) is 4.82. The smallest absolute Gasteiger partial charge is 0.177 e. The van der Waals surface area contributed by atoms with Crippen molar-refractivity contribution in [2.24, 2.45) is 0 Å². The van der Waals surface area contributed by atoms with E-state index in [4.69, 9.17) is 9.84 Å². The van der Waals surface area contributed by atoms with Crippen molar-refractivity contribution in [2.45, 2.75) is 13.2 Å². The molecule has 0 atom stereocenters. The van der Waals surface area contributed by atoms with Crippen molar-refractivity contribution in [3.8, 4) is 5.75 Å². The van der Waals surface area contributed by atoms with Gasteiger partial charge in [-0.25, -0.2) is 4.68 Å². The van der Waals surface area contributed by atoms with Crippen LogP contribution in [0.2, 0.25) is 0 Å². The van der Waals surface area contributed by atoms with Gasteiger partial charge in [-0.2, -0.15) is 0 Å². The lowest BCUT2D eigenvalue weighted by atomic mass is 10.2. The second kappa shape index (κ2) is 4.71. The minimum absolute atomic E-state index is 0.164. The third-order valence-corrected chi connectivity index (χ3v) is 2.24. The Kier molecular flexibility index (Phi) is 3.11. The number of ether oxygens (including phenoxy) is 1. The highest BCUT2D eigenvalue weighted by Crippen LogP contribution is 2.12. The van der Waals surface area contributed by atoms with Crippen LogP contribution in [0, 0.1) is 0 Å². The number of benzene rings is 1. The molecule has 16 heavy (non-hydrogen) atoms. The molecule has 2 aromatic rings. The predicted molar refractivity (Wildman–Crippen MR) is 55.8 cm³/mol. The summed E-state index contributed by atoms with van der Waals surface area (Å²) in [5.41, 5.74) is 1.04. The average molecular weight is 220 g/mol. The van der Waals surface area contributed by atoms with Gasteiger partial charge in [0.1, 0.15) is 12.4 Å². The van der Waals surface area contributed by atoms with E-state index in [9.17, 15) is 0 Å². The molecule has 0 radical (unpaired) electrons. The second-order valence-corrected chi connectivity index (χ2v) is 3.26. The van der Waals surface area contributed by atoms with Gasteiger partial charge in [-0.05, 0) is 28.1 Å². The van der Waals surface area contributed by atoms with Crippen molar-refractivity contribution in [1.29, 1.82) is 0 Å². The van der Waals surface area contributed by atoms with E-state index in [0.717, 1.165) is 11.3 Å². The van der Waals surface area contributed by atoms with Crippen LogP contribution in [0.15, 0.2) is 24.3 Å². The highest BCUT2D eigenvalue weighted by Gasteiger charge is 2.04. The molecule has 0 bridgehead atoms. The lowest BCUT2D eigenvalue weighted by Crippen LogP contribution is -2.06. The Morgan fingerprint density at radius 2 is 2.06 bits per heavy atom. The minimum Gasteiger partial charge on any atom is -0.497 e. The zero-order valence-electron chi connectivity index (χ0n) is 8.87. The number of hydrogen-bond acceptors (Lipinski definition) is 5. The molecule has 0 amide bonds. The van der Waals surface area contributed by atoms with Crippen molar-refractivity contribution in [3.05, 3.63) is 35.7 Å². The summed E-state index contributed by atoms with van der Waals surface area (Å²) in [5, 5.41) is 20.0. The van der Waals surface area contributed by atoms with Gasteiger partial charge < -0.3 is 9.84 Å². The third kappa shape index (κ3) is 2.17. The zero-order chi connectivity index (χ0) is 11.4. The molecule has 0 spiro atoms. The van der Waals surface area contributed by atoms with Crippen LogP contribution in [-0.2, 0) is 13.2 Å². The number of hydrogen-bond donors (Lipinski definition) is 1. The molecule has 6 nitrogen and oxygen atoms in total. The van der Waals surface area contributed by atoms with Crippen molar-refractivity contribution in [3.63, 3.8) is 0 Å². The molecule has 0 aliphatic heterocycles. The highest BCUT2D eigenvalue weighted by molar-refractivity contribution is 5.27. The van der Waals surface area contributed by atoms with E-state index in [1.807, 2.05) is 24.3 Å². The van der Waals surface area contributed by atoms with E-state index >= 15 is 0 Å². The van der Waals surface area contributed by atoms with E-state index in [1.54, 1.807) is 11.8 Å². The SMILES string of the molecule is COc1ccc(Cn2nnnc2CO)cc1. The molecule has 1 heterocycles. The largest absolute Gasteiger partial charge is 0.497 e. The molecule has 0 unspecified atom stereocenters. The Morgan fingerprint density at radius 1 is 1.31 bits per heavy atom. The summed E-state index contributed by atoms with van der Waals surface area (Å²) < 4.78 is 6.62. The Bertz CT molecular complexity index is 452. The first-order valence-electron chi connectivity index (χ1n) is 4.82. The van der Waals surface area contributed by atoms with Gasteiger partial charge in [0.15, 0.2) is 5.82 Å². The van der Waals surface area contributed by atoms with Crippen LogP contribution in [0.25, 0.3) is 0 Å². The van der Waals surface area contributed by atoms with Gasteiger partial charge in [-0.1, -0.05) is 12.1 Å². The summed E-state index contributed by atoms with van der Waals surface area (Å²) in [6, 6.07) is 7.61. The van der Waals surface area contributed by atoms with Crippen LogP contribution < -0.4 is 4.74 Å². The van der Waals surface area contributed by atoms with Crippen molar-refractivity contribution < 1.29 is 9.84 Å². The fourth-order valence-electron chi connectivity index (χ4n) is 1.36. The molecule has 0 saturated heterocycles. The fourth-order valence-corrected chi connectivity index (χ4v) is 1.36. The Balaban J connectivity index is 2.14. The van der Waals surface area contributed by atoms with Gasteiger partial charge in [0.25, 0.3) is 0 Å². The minimum atomic E-state index is -0.164. The summed E-state index contributed by atoms with van der Waals surface area (Å²) in [6.07, 6.45) is 0. The van der Waals surface area contributed by atoms with Gasteiger partial charge >= 0.3 is 0 Å². The molecular formula is C10H12N4O2. The maximum absolute atomic E-state index is 8.98. The Hall–Kier alpha value is -1.95. The number of nitrogens with zero attached hydrogens (tertiary/aromatic N) is 4. The molecular weight excluding hydrogens is 208 g/mol. The number of rotatable bonds is 4. The van der Waals surface area contributed by atoms with E-state index in [-0.39, 0.29) is 6.61 Å². The first-order chi connectivity index (χ1) is 7.83. The maximum Gasteiger partial charge on any atom is 0.177 e. The molecule has 84 valence electrons. The van der Waals surface area contributed by atoms with Crippen LogP contribution in [0.5, 0.6) is 5.75 Å². The highest BCUT2D eigenvalue weighted by atomic mass is 16.5. The third-order valence-electron chi connectivity index (χ3n) is 2.24. The van der Waals surface area contributed by atoms with Gasteiger partial charge in [0, 0.05) is 0 Å². The number of tetrazole rings is 1. The van der Waals surface area contributed by atoms with Crippen LogP contribution in [-0.4, -0.2) is 32.4 Å². The zero-order valence-corrected chi connectivity index (χ0v) is 8.87. The van der Waals surface area contributed by atoms with Crippen LogP contribution in [0.3, 0.4) is 0 Å². The van der Waals surface area contributed by atoms with E-state index in [0.29, 0.717) is 12.4 Å². The summed E-state index contributed by atoms with van der Waals surface area (Å²) >= 11 is 0. The summed E-state index contributed by atoms with van der Waals surface area (Å²) in [7, 11) is 1.63. The van der Waals surface area contributed by atoms with Crippen LogP contribution in [0.4, 0.5) is 0 Å². The van der Waals surface area contributed by atoms with Gasteiger partial charge in [0.05, 0.1) is 13.7 Å². The van der Waals surface area contributed by atoms with Gasteiger partial charge in [0.2, 0.25) is 0 Å². The Morgan fingerprint density at radius 3 is 2.69 bits per heavy atom. The lowest BCUT2D eigenvalue weighted by molar-refractivity contribution is 0.263. The standard InChI is InChI=1S/C10H12N4O2/c1-16-9-4-2-8(3-5-9)6-14-10(7-15)11-12-13-14/h2-5,15H,6-7H2,1H3. The average Bonchev–Trinajstić information content (AvgIpc) is 2.77. The molecule has 0 aliphatic rings. The van der Waals surface area contributed by atoms with Crippen molar-refractivity contribution >= 4 is 0 Å². The van der Waals surface area contributed by atoms with Gasteiger partial charge in [-0.3, -0.25) is 0 Å². The molecule has 2 rings (SSSR count). The van der Waals surface area contributed by atoms with Crippen LogP contribution >= 0.6 is 0 Å². The molecule has 6 heteroatoms. The predicted octanol–water partition coefficient (Wildman–Crippen LogP) is 0.222. The monoisotopic (exact) mass is 220 g/mol. The molecule has 0 fully saturated rings.